The van der Waals surface area contributed by atoms with Crippen molar-refractivity contribution in [1.29, 1.82) is 0 Å². The van der Waals surface area contributed by atoms with Crippen LogP contribution in [0.2, 0.25) is 20.1 Å². The Morgan fingerprint density at radius 2 is 1.67 bits per heavy atom. The molecule has 0 aromatic heterocycles. The lowest BCUT2D eigenvalue weighted by Crippen LogP contribution is -2.58. The molecule has 0 aliphatic carbocycles. The van der Waals surface area contributed by atoms with E-state index in [-0.39, 0.29) is 16.1 Å². The minimum absolute atomic E-state index is 0.246. The van der Waals surface area contributed by atoms with Gasteiger partial charge in [0.1, 0.15) is 0 Å². The normalized spacial score (nSPS) is 17.5. The van der Waals surface area contributed by atoms with Gasteiger partial charge in [-0.3, -0.25) is 10.1 Å². The van der Waals surface area contributed by atoms with E-state index >= 15 is 0 Å². The van der Waals surface area contributed by atoms with Crippen LogP contribution in [0.1, 0.15) is 33.6 Å². The summed E-state index contributed by atoms with van der Waals surface area (Å²) in [4.78, 5) is 29.4. The summed E-state index contributed by atoms with van der Waals surface area (Å²) >= 11 is 24.2. The average molecular weight is 534 g/mol. The monoisotopic (exact) mass is 532 g/mol. The highest BCUT2D eigenvalue weighted by Gasteiger charge is 2.55. The minimum atomic E-state index is -1.07. The van der Waals surface area contributed by atoms with E-state index in [1.54, 1.807) is 36.9 Å². The lowest BCUT2D eigenvalue weighted by Gasteiger charge is -2.38. The zero-order valence-electron chi connectivity index (χ0n) is 18.3. The third-order valence-electron chi connectivity index (χ3n) is 5.54. The molecule has 0 saturated carbocycles. The molecule has 0 bridgehead atoms. The highest BCUT2D eigenvalue weighted by atomic mass is 35.5. The van der Waals surface area contributed by atoms with Crippen LogP contribution in [-0.4, -0.2) is 45.5 Å². The Hall–Kier alpha value is -1.90. The molecular formula is C22H24Cl4N4O3. The third-order valence-corrected chi connectivity index (χ3v) is 7.01. The highest BCUT2D eigenvalue weighted by molar-refractivity contribution is 6.42. The van der Waals surface area contributed by atoms with Gasteiger partial charge in [-0.25, -0.2) is 9.59 Å². The van der Waals surface area contributed by atoms with Crippen LogP contribution in [0.25, 0.3) is 0 Å². The maximum Gasteiger partial charge on any atom is 0.347 e. The smallest absolute Gasteiger partial charge is 0.315 e. The second kappa shape index (κ2) is 10.2. The fourth-order valence-corrected chi connectivity index (χ4v) is 4.39. The van der Waals surface area contributed by atoms with Crippen molar-refractivity contribution in [1.82, 2.24) is 9.96 Å². The minimum Gasteiger partial charge on any atom is -0.315 e. The van der Waals surface area contributed by atoms with Crippen molar-refractivity contribution in [2.45, 2.75) is 45.3 Å². The van der Waals surface area contributed by atoms with Crippen molar-refractivity contribution in [3.05, 3.63) is 56.5 Å². The summed E-state index contributed by atoms with van der Waals surface area (Å²) in [5.41, 5.74) is -0.213. The molecule has 2 aromatic carbocycles. The van der Waals surface area contributed by atoms with Crippen molar-refractivity contribution in [2.75, 3.05) is 16.8 Å². The lowest BCUT2D eigenvalue weighted by atomic mass is 9.99. The zero-order valence-corrected chi connectivity index (χ0v) is 21.3. The first kappa shape index (κ1) is 25.7. The number of halogens is 4. The molecule has 2 N–H and O–H groups in total. The van der Waals surface area contributed by atoms with Gasteiger partial charge in [-0.15, -0.1) is 0 Å². The number of carbonyl (C=O) groups excluding carboxylic acids is 2. The fraction of sp³-hybridized carbons (Fsp3) is 0.364. The molecule has 178 valence electrons. The third kappa shape index (κ3) is 5.12. The number of hydroxylamine groups is 2. The number of nitrogens with one attached hydrogen (secondary N) is 1. The molecule has 7 nitrogen and oxygen atoms in total. The van der Waals surface area contributed by atoms with Gasteiger partial charge in [0.05, 0.1) is 25.6 Å². The predicted molar refractivity (Wildman–Crippen MR) is 133 cm³/mol. The van der Waals surface area contributed by atoms with Crippen molar-refractivity contribution < 1.29 is 14.8 Å². The van der Waals surface area contributed by atoms with E-state index in [1.165, 1.54) is 23.1 Å². The van der Waals surface area contributed by atoms with E-state index < -0.39 is 17.7 Å². The fourth-order valence-electron chi connectivity index (χ4n) is 3.80. The molecule has 4 amide bonds. The summed E-state index contributed by atoms with van der Waals surface area (Å²) in [6.07, 6.45) is 0.567. The number of rotatable bonds is 6. The molecule has 1 heterocycles. The van der Waals surface area contributed by atoms with Gasteiger partial charge >= 0.3 is 12.1 Å². The molecule has 2 aromatic rings. The zero-order chi connectivity index (χ0) is 24.5. The van der Waals surface area contributed by atoms with Crippen LogP contribution in [0.5, 0.6) is 0 Å². The number of carbonyl (C=O) groups is 2. The summed E-state index contributed by atoms with van der Waals surface area (Å²) in [5.74, 6) is 0. The van der Waals surface area contributed by atoms with E-state index in [4.69, 9.17) is 46.4 Å². The van der Waals surface area contributed by atoms with Crippen LogP contribution in [0, 0.1) is 0 Å². The number of hydrogen-bond acceptors (Lipinski definition) is 3. The SMILES string of the molecule is CCCCN1C(=O)N(c2ccc(Cl)c(Cl)c2)[C@H](N(O)C(=O)Nc2ccc(Cl)c(Cl)c2)C1(C)C. The number of hydrogen-bond donors (Lipinski definition) is 2. The van der Waals surface area contributed by atoms with Gasteiger partial charge in [-0.05, 0) is 56.7 Å². The van der Waals surface area contributed by atoms with Gasteiger partial charge < -0.3 is 10.2 Å². The molecule has 1 aliphatic heterocycles. The molecule has 0 spiro atoms. The molecule has 11 heteroatoms. The summed E-state index contributed by atoms with van der Waals surface area (Å²) < 4.78 is 0. The van der Waals surface area contributed by atoms with Crippen molar-refractivity contribution in [2.24, 2.45) is 0 Å². The van der Waals surface area contributed by atoms with Crippen LogP contribution in [0.15, 0.2) is 36.4 Å². The van der Waals surface area contributed by atoms with Gasteiger partial charge in [0.15, 0.2) is 6.17 Å². The topological polar surface area (TPSA) is 76.1 Å². The van der Waals surface area contributed by atoms with E-state index in [0.29, 0.717) is 33.0 Å². The lowest BCUT2D eigenvalue weighted by molar-refractivity contribution is -0.0949. The summed E-state index contributed by atoms with van der Waals surface area (Å²) in [7, 11) is 0. The van der Waals surface area contributed by atoms with Gasteiger partial charge in [-0.1, -0.05) is 59.7 Å². The number of anilines is 2. The maximum absolute atomic E-state index is 13.5. The Labute approximate surface area is 212 Å². The number of nitrogens with zero attached hydrogens (tertiary/aromatic N) is 3. The molecule has 1 fully saturated rings. The maximum atomic E-state index is 13.5. The summed E-state index contributed by atoms with van der Waals surface area (Å²) in [6, 6.07) is 8.03. The molecular weight excluding hydrogens is 510 g/mol. The largest absolute Gasteiger partial charge is 0.347 e. The van der Waals surface area contributed by atoms with Gasteiger partial charge in [0, 0.05) is 17.9 Å². The predicted octanol–water partition coefficient (Wildman–Crippen LogP) is 7.37. The Morgan fingerprint density at radius 1 is 1.06 bits per heavy atom. The second-order valence-corrected chi connectivity index (χ2v) is 9.82. The number of unbranched alkanes of at least 4 members (excludes halogenated alkanes) is 1. The summed E-state index contributed by atoms with van der Waals surface area (Å²) in [6.45, 7) is 6.06. The van der Waals surface area contributed by atoms with Gasteiger partial charge in [-0.2, -0.15) is 5.06 Å². The standard InChI is InChI=1S/C22H24Cl4N4O3/c1-4-5-10-28-21(32)29(14-7-9-16(24)18(26)12-14)19(22(28,2)3)30(33)20(31)27-13-6-8-15(23)17(25)11-13/h6-9,11-12,19,33H,4-5,10H2,1-3H3,(H,27,31)/t19-/m1/s1. The van der Waals surface area contributed by atoms with Crippen molar-refractivity contribution in [3.63, 3.8) is 0 Å². The van der Waals surface area contributed by atoms with E-state index in [2.05, 4.69) is 5.32 Å². The van der Waals surface area contributed by atoms with Crippen LogP contribution < -0.4 is 10.2 Å². The van der Waals surface area contributed by atoms with Gasteiger partial charge in [0.2, 0.25) is 0 Å². The Bertz CT molecular complexity index is 1070. The van der Waals surface area contributed by atoms with Gasteiger partial charge in [0.25, 0.3) is 0 Å². The molecule has 0 unspecified atom stereocenters. The first-order valence-corrected chi connectivity index (χ1v) is 11.8. The van der Waals surface area contributed by atoms with E-state index in [9.17, 15) is 14.8 Å². The number of urea groups is 2. The van der Waals surface area contributed by atoms with E-state index in [1.807, 2.05) is 6.92 Å². The molecule has 1 atom stereocenters. The van der Waals surface area contributed by atoms with Crippen molar-refractivity contribution >= 4 is 69.8 Å². The molecule has 1 saturated heterocycles. The molecule has 3 rings (SSSR count). The number of amides is 4. The second-order valence-electron chi connectivity index (χ2n) is 8.19. The number of benzene rings is 2. The first-order valence-electron chi connectivity index (χ1n) is 10.3. The van der Waals surface area contributed by atoms with Crippen LogP contribution in [0.4, 0.5) is 21.0 Å². The molecule has 33 heavy (non-hydrogen) atoms. The average Bonchev–Trinajstić information content (AvgIpc) is 2.95. The summed E-state index contributed by atoms with van der Waals surface area (Å²) in [5, 5.41) is 15.3. The first-order chi connectivity index (χ1) is 15.5. The van der Waals surface area contributed by atoms with Crippen LogP contribution in [0.3, 0.4) is 0 Å². The Morgan fingerprint density at radius 3 is 2.24 bits per heavy atom. The van der Waals surface area contributed by atoms with Crippen LogP contribution >= 0.6 is 46.4 Å². The van der Waals surface area contributed by atoms with Crippen LogP contribution in [-0.2, 0) is 0 Å². The highest BCUT2D eigenvalue weighted by Crippen LogP contribution is 2.40. The molecule has 0 radical (unpaired) electrons. The molecule has 1 aliphatic rings. The quantitative estimate of drug-likeness (QED) is 0.300. The van der Waals surface area contributed by atoms with Crippen molar-refractivity contribution in [3.8, 4) is 0 Å². The van der Waals surface area contributed by atoms with E-state index in [0.717, 1.165) is 12.8 Å². The Kier molecular flexibility index (Phi) is 7.91. The Balaban J connectivity index is 1.99.